The number of aliphatic hydroxyl groups excluding tert-OH is 1. The molecule has 10 heteroatoms. The number of benzene rings is 1. The molecule has 10 nitrogen and oxygen atoms in total. The molecule has 0 spiro atoms. The normalized spacial score (nSPS) is 21.6. The topological polar surface area (TPSA) is 88.8 Å². The van der Waals surface area contributed by atoms with Gasteiger partial charge < -0.3 is 24.1 Å². The highest BCUT2D eigenvalue weighted by molar-refractivity contribution is 5.92. The van der Waals surface area contributed by atoms with Gasteiger partial charge in [-0.1, -0.05) is 18.2 Å². The number of aliphatic hydroxyl groups is 1. The second-order valence-corrected chi connectivity index (χ2v) is 9.88. The van der Waals surface area contributed by atoms with Gasteiger partial charge in [-0.15, -0.1) is 0 Å². The molecule has 4 heterocycles. The zero-order valence-electron chi connectivity index (χ0n) is 21.0. The summed E-state index contributed by atoms with van der Waals surface area (Å²) in [5, 5.41) is 10.5. The second-order valence-electron chi connectivity index (χ2n) is 9.88. The number of hydrogen-bond acceptors (Lipinski definition) is 9. The first-order chi connectivity index (χ1) is 17.6. The van der Waals surface area contributed by atoms with Gasteiger partial charge in [0, 0.05) is 84.2 Å². The molecule has 3 saturated heterocycles. The lowest BCUT2D eigenvalue weighted by Crippen LogP contribution is -2.50. The Morgan fingerprint density at radius 1 is 0.861 bits per heavy atom. The number of para-hydroxylation sites is 1. The molecule has 1 N–H and O–H groups in total. The largest absolute Gasteiger partial charge is 0.447 e. The van der Waals surface area contributed by atoms with Gasteiger partial charge in [0.1, 0.15) is 6.26 Å². The van der Waals surface area contributed by atoms with E-state index in [4.69, 9.17) is 9.15 Å². The molecule has 0 bridgehead atoms. The fourth-order valence-electron chi connectivity index (χ4n) is 5.21. The number of aromatic nitrogens is 1. The summed E-state index contributed by atoms with van der Waals surface area (Å²) in [7, 11) is 0. The number of oxazole rings is 1. The number of carbonyl (C=O) groups is 1. The van der Waals surface area contributed by atoms with Crippen molar-refractivity contribution < 1.29 is 19.1 Å². The Bertz CT molecular complexity index is 950. The zero-order valence-corrected chi connectivity index (χ0v) is 21.0. The molecule has 1 aromatic carbocycles. The van der Waals surface area contributed by atoms with Crippen molar-refractivity contribution in [2.45, 2.75) is 12.6 Å². The van der Waals surface area contributed by atoms with Crippen LogP contribution in [0.3, 0.4) is 0 Å². The third-order valence-corrected chi connectivity index (χ3v) is 7.32. The highest BCUT2D eigenvalue weighted by atomic mass is 16.5. The second kappa shape index (κ2) is 12.2. The minimum Gasteiger partial charge on any atom is -0.447 e. The smallest absolute Gasteiger partial charge is 0.275 e. The molecule has 196 valence electrons. The van der Waals surface area contributed by atoms with E-state index in [1.807, 2.05) is 23.1 Å². The molecular weight excluding hydrogens is 460 g/mol. The maximum absolute atomic E-state index is 13.0. The van der Waals surface area contributed by atoms with Gasteiger partial charge in [0.2, 0.25) is 5.89 Å². The Morgan fingerprint density at radius 3 is 2.19 bits per heavy atom. The molecule has 0 aliphatic carbocycles. The summed E-state index contributed by atoms with van der Waals surface area (Å²) in [5.74, 6) is 0.527. The van der Waals surface area contributed by atoms with Crippen molar-refractivity contribution in [3.8, 4) is 0 Å². The highest BCUT2D eigenvalue weighted by Crippen LogP contribution is 2.17. The van der Waals surface area contributed by atoms with E-state index >= 15 is 0 Å². The van der Waals surface area contributed by atoms with Crippen LogP contribution in [0.2, 0.25) is 0 Å². The molecule has 3 aliphatic heterocycles. The van der Waals surface area contributed by atoms with E-state index in [2.05, 4.69) is 36.7 Å². The third kappa shape index (κ3) is 6.63. The Kier molecular flexibility index (Phi) is 8.50. The Balaban J connectivity index is 1.03. The standard InChI is InChI=1S/C26H38N6O4/c33-23(19-30-14-16-35-17-15-30)18-28-6-8-29(9-7-28)20-25-27-24(21-36-25)26(34)32-12-10-31(11-13-32)22-4-2-1-3-5-22/h1-5,21,23,33H,6-20H2/t23-/m0/s1. The summed E-state index contributed by atoms with van der Waals surface area (Å²) in [6, 6.07) is 10.3. The van der Waals surface area contributed by atoms with Gasteiger partial charge in [-0.25, -0.2) is 4.98 Å². The quantitative estimate of drug-likeness (QED) is 0.557. The molecule has 1 amide bonds. The Labute approximate surface area is 213 Å². The lowest BCUT2D eigenvalue weighted by molar-refractivity contribution is 0.00187. The van der Waals surface area contributed by atoms with Crippen molar-refractivity contribution in [2.24, 2.45) is 0 Å². The maximum Gasteiger partial charge on any atom is 0.275 e. The summed E-state index contributed by atoms with van der Waals surface area (Å²) >= 11 is 0. The summed E-state index contributed by atoms with van der Waals surface area (Å²) in [6.45, 7) is 11.9. The van der Waals surface area contributed by atoms with Gasteiger partial charge in [0.25, 0.3) is 5.91 Å². The summed E-state index contributed by atoms with van der Waals surface area (Å²) in [4.78, 5) is 28.5. The van der Waals surface area contributed by atoms with Crippen LogP contribution in [0.25, 0.3) is 0 Å². The van der Waals surface area contributed by atoms with E-state index in [1.165, 1.54) is 12.0 Å². The molecule has 0 unspecified atom stereocenters. The number of ether oxygens (including phenoxy) is 1. The Morgan fingerprint density at radius 2 is 1.50 bits per heavy atom. The third-order valence-electron chi connectivity index (χ3n) is 7.32. The number of anilines is 1. The molecule has 0 saturated carbocycles. The molecule has 3 fully saturated rings. The number of hydrogen-bond donors (Lipinski definition) is 1. The predicted molar refractivity (Wildman–Crippen MR) is 136 cm³/mol. The summed E-state index contributed by atoms with van der Waals surface area (Å²) in [5.41, 5.74) is 1.59. The predicted octanol–water partition coefficient (Wildman–Crippen LogP) is 0.448. The van der Waals surface area contributed by atoms with Crippen LogP contribution in [0, 0.1) is 0 Å². The maximum atomic E-state index is 13.0. The fourth-order valence-corrected chi connectivity index (χ4v) is 5.21. The van der Waals surface area contributed by atoms with Crippen molar-refractivity contribution in [1.82, 2.24) is 24.6 Å². The van der Waals surface area contributed by atoms with Crippen molar-refractivity contribution >= 4 is 11.6 Å². The lowest BCUT2D eigenvalue weighted by atomic mass is 10.2. The van der Waals surface area contributed by atoms with E-state index in [0.29, 0.717) is 44.3 Å². The number of rotatable bonds is 8. The first-order valence-corrected chi connectivity index (χ1v) is 13.1. The number of nitrogens with zero attached hydrogens (tertiary/aromatic N) is 6. The average molecular weight is 499 g/mol. The molecule has 2 aromatic rings. The highest BCUT2D eigenvalue weighted by Gasteiger charge is 2.26. The van der Waals surface area contributed by atoms with E-state index in [0.717, 1.165) is 65.6 Å². The van der Waals surface area contributed by atoms with Gasteiger partial charge in [0.05, 0.1) is 25.9 Å². The Hall–Kier alpha value is -2.50. The number of morpholine rings is 1. The van der Waals surface area contributed by atoms with E-state index in [-0.39, 0.29) is 12.0 Å². The number of piperazine rings is 2. The molecule has 3 aliphatic rings. The van der Waals surface area contributed by atoms with Crippen LogP contribution in [0.15, 0.2) is 41.0 Å². The molecule has 1 aromatic heterocycles. The van der Waals surface area contributed by atoms with E-state index in [1.54, 1.807) is 0 Å². The summed E-state index contributed by atoms with van der Waals surface area (Å²) in [6.07, 6.45) is 1.16. The van der Waals surface area contributed by atoms with Gasteiger partial charge in [0.15, 0.2) is 5.69 Å². The van der Waals surface area contributed by atoms with Crippen LogP contribution in [0.5, 0.6) is 0 Å². The summed E-state index contributed by atoms with van der Waals surface area (Å²) < 4.78 is 11.0. The minimum absolute atomic E-state index is 0.0585. The molecular formula is C26H38N6O4. The van der Waals surface area contributed by atoms with Crippen molar-refractivity contribution in [3.63, 3.8) is 0 Å². The van der Waals surface area contributed by atoms with Crippen molar-refractivity contribution in [3.05, 3.63) is 48.2 Å². The van der Waals surface area contributed by atoms with Crippen LogP contribution in [0.4, 0.5) is 5.69 Å². The van der Waals surface area contributed by atoms with Crippen molar-refractivity contribution in [1.29, 1.82) is 0 Å². The first-order valence-electron chi connectivity index (χ1n) is 13.1. The SMILES string of the molecule is O=C(c1coc(CN2CCN(C[C@H](O)CN3CCOCC3)CC2)n1)N1CCN(c2ccccc2)CC1. The number of β-amino-alcohol motifs (C(OH)–C–C–N with tert-alkyl or cyclic N) is 1. The number of amides is 1. The van der Waals surface area contributed by atoms with Crippen LogP contribution in [-0.4, -0.2) is 133 Å². The van der Waals surface area contributed by atoms with Gasteiger partial charge in [-0.3, -0.25) is 19.5 Å². The van der Waals surface area contributed by atoms with Crippen LogP contribution in [0.1, 0.15) is 16.4 Å². The van der Waals surface area contributed by atoms with Crippen LogP contribution in [-0.2, 0) is 11.3 Å². The van der Waals surface area contributed by atoms with E-state index < -0.39 is 0 Å². The monoisotopic (exact) mass is 498 g/mol. The lowest BCUT2D eigenvalue weighted by Gasteiger charge is -2.36. The fraction of sp³-hybridized carbons (Fsp3) is 0.615. The molecule has 36 heavy (non-hydrogen) atoms. The van der Waals surface area contributed by atoms with Gasteiger partial charge in [-0.2, -0.15) is 0 Å². The first kappa shape index (κ1) is 25.2. The van der Waals surface area contributed by atoms with Gasteiger partial charge in [-0.05, 0) is 12.1 Å². The number of carbonyl (C=O) groups excluding carboxylic acids is 1. The average Bonchev–Trinajstić information content (AvgIpc) is 3.39. The molecule has 5 rings (SSSR count). The van der Waals surface area contributed by atoms with E-state index in [9.17, 15) is 9.90 Å². The zero-order chi connectivity index (χ0) is 24.7. The van der Waals surface area contributed by atoms with Gasteiger partial charge >= 0.3 is 0 Å². The van der Waals surface area contributed by atoms with Crippen LogP contribution < -0.4 is 4.90 Å². The minimum atomic E-state index is -0.343. The van der Waals surface area contributed by atoms with Crippen molar-refractivity contribution in [2.75, 3.05) is 96.7 Å². The molecule has 0 radical (unpaired) electrons. The van der Waals surface area contributed by atoms with Crippen LogP contribution >= 0.6 is 0 Å². The molecule has 1 atom stereocenters.